The molecule has 2 amide bonds. The fourth-order valence-electron chi connectivity index (χ4n) is 1.82. The molecule has 0 radical (unpaired) electrons. The second-order valence-corrected chi connectivity index (χ2v) is 6.11. The first-order valence-electron chi connectivity index (χ1n) is 6.45. The zero-order valence-electron chi connectivity index (χ0n) is 12.1. The van der Waals surface area contributed by atoms with Gasteiger partial charge in [0.05, 0.1) is 10.5 Å². The third-order valence-corrected chi connectivity index (χ3v) is 3.82. The van der Waals surface area contributed by atoms with E-state index in [1.54, 1.807) is 0 Å². The summed E-state index contributed by atoms with van der Waals surface area (Å²) in [5, 5.41) is 13.8. The van der Waals surface area contributed by atoms with Crippen LogP contribution in [0.1, 0.15) is 10.4 Å². The van der Waals surface area contributed by atoms with E-state index in [9.17, 15) is 18.0 Å². The van der Waals surface area contributed by atoms with Gasteiger partial charge in [0.25, 0.3) is 10.1 Å². The van der Waals surface area contributed by atoms with E-state index in [0.29, 0.717) is 0 Å². The lowest BCUT2D eigenvalue weighted by molar-refractivity contribution is 0.0698. The highest BCUT2D eigenvalue weighted by Crippen LogP contribution is 2.19. The first-order chi connectivity index (χ1) is 11.2. The van der Waals surface area contributed by atoms with Gasteiger partial charge in [0.15, 0.2) is 0 Å². The minimum atomic E-state index is -4.31. The van der Waals surface area contributed by atoms with Crippen LogP contribution >= 0.6 is 0 Å². The van der Waals surface area contributed by atoms with Gasteiger partial charge in [0, 0.05) is 17.1 Å². The topological polar surface area (TPSA) is 159 Å². The van der Waals surface area contributed by atoms with Crippen LogP contribution in [-0.4, -0.2) is 30.1 Å². The molecule has 2 aromatic rings. The summed E-state index contributed by atoms with van der Waals surface area (Å²) in [5.41, 5.74) is 5.92. The molecule has 24 heavy (non-hydrogen) atoms. The number of carbonyl (C=O) groups excluding carboxylic acids is 1. The van der Waals surface area contributed by atoms with Crippen molar-refractivity contribution in [3.63, 3.8) is 0 Å². The Morgan fingerprint density at radius 2 is 1.50 bits per heavy atom. The number of amides is 2. The van der Waals surface area contributed by atoms with Crippen LogP contribution in [0.4, 0.5) is 21.9 Å². The second-order valence-electron chi connectivity index (χ2n) is 4.69. The van der Waals surface area contributed by atoms with Gasteiger partial charge in [-0.2, -0.15) is 8.42 Å². The molecule has 126 valence electrons. The Hall–Kier alpha value is -3.11. The summed E-state index contributed by atoms with van der Waals surface area (Å²) in [4.78, 5) is 22.5. The quantitative estimate of drug-likeness (QED) is 0.415. The summed E-state index contributed by atoms with van der Waals surface area (Å²) in [6.45, 7) is 0. The SMILES string of the molecule is Nc1ccc(NC(=O)Nc2ccc(S(=O)(=O)O)cc2)cc1C(=O)O. The van der Waals surface area contributed by atoms with E-state index in [1.807, 2.05) is 0 Å². The van der Waals surface area contributed by atoms with Crippen LogP contribution in [-0.2, 0) is 10.1 Å². The average molecular weight is 351 g/mol. The summed E-state index contributed by atoms with van der Waals surface area (Å²) in [6, 6.07) is 8.13. The number of nitrogens with two attached hydrogens (primary N) is 1. The molecule has 0 aliphatic heterocycles. The normalized spacial score (nSPS) is 10.9. The molecule has 2 aromatic carbocycles. The first kappa shape index (κ1) is 17.2. The molecule has 0 fully saturated rings. The van der Waals surface area contributed by atoms with Gasteiger partial charge in [-0.25, -0.2) is 9.59 Å². The Morgan fingerprint density at radius 3 is 2.04 bits per heavy atom. The van der Waals surface area contributed by atoms with E-state index >= 15 is 0 Å². The van der Waals surface area contributed by atoms with E-state index in [0.717, 1.165) is 12.1 Å². The largest absolute Gasteiger partial charge is 0.478 e. The van der Waals surface area contributed by atoms with Gasteiger partial charge in [-0.05, 0) is 42.5 Å². The number of anilines is 3. The van der Waals surface area contributed by atoms with Crippen molar-refractivity contribution in [3.05, 3.63) is 48.0 Å². The summed E-state index contributed by atoms with van der Waals surface area (Å²) >= 11 is 0. The van der Waals surface area contributed by atoms with Crippen molar-refractivity contribution >= 4 is 39.2 Å². The smallest absolute Gasteiger partial charge is 0.337 e. The van der Waals surface area contributed by atoms with E-state index < -0.39 is 22.1 Å². The van der Waals surface area contributed by atoms with E-state index in [4.69, 9.17) is 15.4 Å². The number of benzene rings is 2. The molecule has 0 aliphatic carbocycles. The number of hydrogen-bond donors (Lipinski definition) is 5. The summed E-state index contributed by atoms with van der Waals surface area (Å²) in [5.74, 6) is -1.22. The van der Waals surface area contributed by atoms with Crippen molar-refractivity contribution in [1.29, 1.82) is 0 Å². The molecule has 0 aliphatic rings. The number of nitrogens with one attached hydrogen (secondary N) is 2. The van der Waals surface area contributed by atoms with Gasteiger partial charge in [-0.15, -0.1) is 0 Å². The van der Waals surface area contributed by atoms with Gasteiger partial charge < -0.3 is 21.5 Å². The van der Waals surface area contributed by atoms with Crippen molar-refractivity contribution in [2.75, 3.05) is 16.4 Å². The predicted octanol–water partition coefficient (Wildman–Crippen LogP) is 1.86. The molecular formula is C14H13N3O6S. The Balaban J connectivity index is 2.08. The number of carbonyl (C=O) groups is 2. The Morgan fingerprint density at radius 1 is 0.958 bits per heavy atom. The molecule has 9 nitrogen and oxygen atoms in total. The Labute approximate surface area is 136 Å². The molecule has 0 bridgehead atoms. The third-order valence-electron chi connectivity index (χ3n) is 2.95. The van der Waals surface area contributed by atoms with Gasteiger partial charge >= 0.3 is 12.0 Å². The van der Waals surface area contributed by atoms with E-state index in [1.165, 1.54) is 30.3 Å². The van der Waals surface area contributed by atoms with Crippen molar-refractivity contribution < 1.29 is 27.7 Å². The predicted molar refractivity (Wildman–Crippen MR) is 86.7 cm³/mol. The maximum atomic E-state index is 11.9. The summed E-state index contributed by atoms with van der Waals surface area (Å²) in [7, 11) is -4.31. The van der Waals surface area contributed by atoms with E-state index in [-0.39, 0.29) is 27.5 Å². The second kappa shape index (κ2) is 6.56. The number of nitrogen functional groups attached to an aromatic ring is 1. The number of urea groups is 1. The minimum absolute atomic E-state index is 0.0641. The molecule has 0 saturated heterocycles. The molecule has 0 spiro atoms. The number of carboxylic acids is 1. The number of carboxylic acid groups (broad SMARTS) is 1. The number of rotatable bonds is 4. The highest BCUT2D eigenvalue weighted by atomic mass is 32.2. The van der Waals surface area contributed by atoms with Crippen molar-refractivity contribution in [2.45, 2.75) is 4.90 Å². The highest BCUT2D eigenvalue weighted by Gasteiger charge is 2.11. The fraction of sp³-hybridized carbons (Fsp3) is 0. The van der Waals surface area contributed by atoms with Crippen LogP contribution in [0.2, 0.25) is 0 Å². The van der Waals surface area contributed by atoms with Gasteiger partial charge in [-0.3, -0.25) is 4.55 Å². The number of hydrogen-bond acceptors (Lipinski definition) is 5. The molecule has 0 heterocycles. The number of aromatic carboxylic acids is 1. The lowest BCUT2D eigenvalue weighted by atomic mass is 10.1. The highest BCUT2D eigenvalue weighted by molar-refractivity contribution is 7.85. The lowest BCUT2D eigenvalue weighted by Crippen LogP contribution is -2.19. The van der Waals surface area contributed by atoms with Crippen LogP contribution < -0.4 is 16.4 Å². The van der Waals surface area contributed by atoms with Crippen molar-refractivity contribution in [1.82, 2.24) is 0 Å². The maximum absolute atomic E-state index is 11.9. The van der Waals surface area contributed by atoms with Crippen LogP contribution in [0.5, 0.6) is 0 Å². The van der Waals surface area contributed by atoms with Crippen LogP contribution in [0.15, 0.2) is 47.4 Å². The van der Waals surface area contributed by atoms with Gasteiger partial charge in [0.1, 0.15) is 0 Å². The Kier molecular flexibility index (Phi) is 4.71. The van der Waals surface area contributed by atoms with Gasteiger partial charge in [0.2, 0.25) is 0 Å². The van der Waals surface area contributed by atoms with E-state index in [2.05, 4.69) is 10.6 Å². The lowest BCUT2D eigenvalue weighted by Gasteiger charge is -2.09. The zero-order chi connectivity index (χ0) is 17.9. The van der Waals surface area contributed by atoms with Crippen LogP contribution in [0.25, 0.3) is 0 Å². The summed E-state index contributed by atoms with van der Waals surface area (Å²) in [6.07, 6.45) is 0. The van der Waals surface area contributed by atoms with Crippen molar-refractivity contribution in [2.24, 2.45) is 0 Å². The standard InChI is InChI=1S/C14H13N3O6S/c15-12-6-3-9(7-11(12)13(18)19)17-14(20)16-8-1-4-10(5-2-8)24(21,22)23/h1-7H,15H2,(H,18,19)(H2,16,17,20)(H,21,22,23). The van der Waals surface area contributed by atoms with Crippen LogP contribution in [0, 0.1) is 0 Å². The van der Waals surface area contributed by atoms with Crippen molar-refractivity contribution in [3.8, 4) is 0 Å². The third kappa shape index (κ3) is 4.21. The zero-order valence-corrected chi connectivity index (χ0v) is 12.9. The van der Waals surface area contributed by atoms with Gasteiger partial charge in [-0.1, -0.05) is 0 Å². The molecule has 2 rings (SSSR count). The summed E-state index contributed by atoms with van der Waals surface area (Å²) < 4.78 is 30.7. The minimum Gasteiger partial charge on any atom is -0.478 e. The fourth-order valence-corrected chi connectivity index (χ4v) is 2.30. The molecule has 6 N–H and O–H groups in total. The molecule has 0 unspecified atom stereocenters. The molecule has 0 saturated carbocycles. The van der Waals surface area contributed by atoms with Crippen LogP contribution in [0.3, 0.4) is 0 Å². The first-order valence-corrected chi connectivity index (χ1v) is 7.89. The molecule has 0 aromatic heterocycles. The molecule has 0 atom stereocenters. The molecular weight excluding hydrogens is 338 g/mol. The molecule has 10 heteroatoms. The Bertz CT molecular complexity index is 893. The average Bonchev–Trinajstić information content (AvgIpc) is 2.48. The maximum Gasteiger partial charge on any atom is 0.337 e. The monoisotopic (exact) mass is 351 g/mol.